The number of thioether (sulfide) groups is 1. The number of nitrogens with one attached hydrogen (secondary N) is 1. The Morgan fingerprint density at radius 3 is 2.67 bits per heavy atom. The zero-order valence-corrected chi connectivity index (χ0v) is 14.6. The summed E-state index contributed by atoms with van der Waals surface area (Å²) in [5.74, 6) is -0.0307. The van der Waals surface area contributed by atoms with Crippen LogP contribution in [0.1, 0.15) is 24.7 Å². The van der Waals surface area contributed by atoms with Gasteiger partial charge in [0.15, 0.2) is 5.65 Å². The highest BCUT2D eigenvalue weighted by atomic mass is 32.2. The summed E-state index contributed by atoms with van der Waals surface area (Å²) in [6, 6.07) is 9.80. The molecule has 0 unspecified atom stereocenters. The second kappa shape index (κ2) is 7.00. The molecule has 0 saturated heterocycles. The van der Waals surface area contributed by atoms with Crippen LogP contribution >= 0.6 is 11.8 Å². The Morgan fingerprint density at radius 2 is 1.96 bits per heavy atom. The second-order valence-corrected chi connectivity index (χ2v) is 6.85. The van der Waals surface area contributed by atoms with E-state index in [-0.39, 0.29) is 17.2 Å². The van der Waals surface area contributed by atoms with Gasteiger partial charge in [0.05, 0.1) is 11.6 Å². The lowest BCUT2D eigenvalue weighted by atomic mass is 10.1. The summed E-state index contributed by atoms with van der Waals surface area (Å²) in [5.41, 5.74) is 1.69. The third-order valence-electron chi connectivity index (χ3n) is 3.49. The van der Waals surface area contributed by atoms with Gasteiger partial charge in [-0.2, -0.15) is 5.10 Å². The number of amides is 1. The molecule has 2 heterocycles. The lowest BCUT2D eigenvalue weighted by Gasteiger charge is -2.18. The van der Waals surface area contributed by atoms with Gasteiger partial charge in [-0.3, -0.25) is 9.48 Å². The van der Waals surface area contributed by atoms with Gasteiger partial charge in [-0.05, 0) is 19.4 Å². The van der Waals surface area contributed by atoms with Gasteiger partial charge >= 0.3 is 0 Å². The van der Waals surface area contributed by atoms with Crippen LogP contribution in [0.5, 0.6) is 0 Å². The lowest BCUT2D eigenvalue weighted by Crippen LogP contribution is -2.33. The van der Waals surface area contributed by atoms with Crippen molar-refractivity contribution >= 4 is 28.7 Å². The molecule has 0 aliphatic rings. The highest BCUT2D eigenvalue weighted by Crippen LogP contribution is 2.37. The molecule has 0 saturated carbocycles. The second-order valence-electron chi connectivity index (χ2n) is 5.76. The van der Waals surface area contributed by atoms with Crippen LogP contribution in [0.15, 0.2) is 47.9 Å². The van der Waals surface area contributed by atoms with Crippen LogP contribution < -0.4 is 5.32 Å². The van der Waals surface area contributed by atoms with Crippen molar-refractivity contribution in [3.8, 4) is 0 Å². The highest BCUT2D eigenvalue weighted by molar-refractivity contribution is 8.00. The van der Waals surface area contributed by atoms with E-state index in [4.69, 9.17) is 0 Å². The summed E-state index contributed by atoms with van der Waals surface area (Å²) in [4.78, 5) is 21.3. The molecule has 0 aliphatic heterocycles. The number of carbonyl (C=O) groups excluding carboxylic acids is 1. The van der Waals surface area contributed by atoms with Crippen LogP contribution in [0.3, 0.4) is 0 Å². The summed E-state index contributed by atoms with van der Waals surface area (Å²) < 4.78 is 1.70. The average molecular weight is 341 g/mol. The monoisotopic (exact) mass is 341 g/mol. The molecule has 6 nitrogen and oxygen atoms in total. The zero-order valence-electron chi connectivity index (χ0n) is 13.8. The van der Waals surface area contributed by atoms with Gasteiger partial charge in [0.2, 0.25) is 5.91 Å². The number of aromatic nitrogens is 4. The maximum Gasteiger partial charge on any atom is 0.238 e. The minimum Gasteiger partial charge on any atom is -0.353 e. The van der Waals surface area contributed by atoms with Gasteiger partial charge in [-0.15, -0.1) is 0 Å². The first kappa shape index (κ1) is 16.4. The quantitative estimate of drug-likeness (QED) is 0.571. The first-order valence-electron chi connectivity index (χ1n) is 7.71. The molecule has 0 spiro atoms. The number of fused-ring (bicyclic) bond motifs is 1. The van der Waals surface area contributed by atoms with Crippen LogP contribution in [0.25, 0.3) is 11.0 Å². The predicted molar refractivity (Wildman–Crippen MR) is 94.6 cm³/mol. The summed E-state index contributed by atoms with van der Waals surface area (Å²) >= 11 is 1.42. The number of benzene rings is 1. The van der Waals surface area contributed by atoms with E-state index in [9.17, 15) is 4.79 Å². The van der Waals surface area contributed by atoms with Crippen molar-refractivity contribution in [2.45, 2.75) is 30.2 Å². The van der Waals surface area contributed by atoms with Gasteiger partial charge in [-0.25, -0.2) is 9.97 Å². The molecule has 1 amide bonds. The van der Waals surface area contributed by atoms with Crippen molar-refractivity contribution in [1.82, 2.24) is 25.1 Å². The van der Waals surface area contributed by atoms with Gasteiger partial charge in [0.1, 0.15) is 16.6 Å². The fourth-order valence-corrected chi connectivity index (χ4v) is 3.48. The van der Waals surface area contributed by atoms with Crippen molar-refractivity contribution < 1.29 is 4.79 Å². The fraction of sp³-hybridized carbons (Fsp3) is 0.294. The van der Waals surface area contributed by atoms with Crippen molar-refractivity contribution in [2.24, 2.45) is 7.05 Å². The van der Waals surface area contributed by atoms with Crippen LogP contribution in [0.2, 0.25) is 0 Å². The number of hydrogen-bond donors (Lipinski definition) is 1. The van der Waals surface area contributed by atoms with Gasteiger partial charge in [-0.1, -0.05) is 42.1 Å². The van der Waals surface area contributed by atoms with E-state index in [0.29, 0.717) is 0 Å². The minimum atomic E-state index is -0.382. The topological polar surface area (TPSA) is 72.7 Å². The van der Waals surface area contributed by atoms with Crippen molar-refractivity contribution in [3.63, 3.8) is 0 Å². The van der Waals surface area contributed by atoms with Gasteiger partial charge in [0.25, 0.3) is 0 Å². The number of carbonyl (C=O) groups is 1. The highest BCUT2D eigenvalue weighted by Gasteiger charge is 2.24. The van der Waals surface area contributed by atoms with E-state index in [1.165, 1.54) is 18.1 Å². The lowest BCUT2D eigenvalue weighted by molar-refractivity contribution is -0.121. The molecule has 1 atom stereocenters. The number of nitrogens with zero attached hydrogens (tertiary/aromatic N) is 4. The fourth-order valence-electron chi connectivity index (χ4n) is 2.41. The Morgan fingerprint density at radius 1 is 1.21 bits per heavy atom. The van der Waals surface area contributed by atoms with Crippen LogP contribution in [-0.2, 0) is 11.8 Å². The number of hydrogen-bond acceptors (Lipinski definition) is 5. The van der Waals surface area contributed by atoms with Gasteiger partial charge in [0, 0.05) is 13.1 Å². The van der Waals surface area contributed by atoms with Crippen LogP contribution in [0, 0.1) is 0 Å². The van der Waals surface area contributed by atoms with Crippen LogP contribution in [0.4, 0.5) is 0 Å². The summed E-state index contributed by atoms with van der Waals surface area (Å²) in [7, 11) is 1.84. The minimum absolute atomic E-state index is 0.0307. The number of rotatable bonds is 5. The molecule has 3 aromatic rings. The Bertz CT molecular complexity index is 847. The molecule has 24 heavy (non-hydrogen) atoms. The molecule has 0 aliphatic carbocycles. The molecule has 0 bridgehead atoms. The largest absolute Gasteiger partial charge is 0.353 e. The number of aryl methyl sites for hydroxylation is 1. The van der Waals surface area contributed by atoms with Gasteiger partial charge < -0.3 is 5.32 Å². The molecular formula is C17H19N5OS. The third-order valence-corrected chi connectivity index (χ3v) is 4.76. The van der Waals surface area contributed by atoms with E-state index >= 15 is 0 Å². The molecular weight excluding hydrogens is 322 g/mol. The molecule has 2 aromatic heterocycles. The molecule has 0 radical (unpaired) electrons. The molecule has 1 N–H and O–H groups in total. The first-order chi connectivity index (χ1) is 11.6. The Kier molecular flexibility index (Phi) is 4.80. The van der Waals surface area contributed by atoms with E-state index in [1.807, 2.05) is 51.2 Å². The molecule has 124 valence electrons. The maximum atomic E-state index is 12.7. The van der Waals surface area contributed by atoms with E-state index in [2.05, 4.69) is 20.4 Å². The first-order valence-corrected chi connectivity index (χ1v) is 8.59. The summed E-state index contributed by atoms with van der Waals surface area (Å²) in [5, 5.41) is 8.44. The zero-order chi connectivity index (χ0) is 17.1. The Balaban J connectivity index is 1.98. The summed E-state index contributed by atoms with van der Waals surface area (Å²) in [6.45, 7) is 3.91. The van der Waals surface area contributed by atoms with E-state index < -0.39 is 0 Å². The molecule has 1 aromatic carbocycles. The predicted octanol–water partition coefficient (Wildman–Crippen LogP) is 2.72. The van der Waals surface area contributed by atoms with E-state index in [0.717, 1.165) is 21.6 Å². The Hall–Kier alpha value is -2.41. The maximum absolute atomic E-state index is 12.7. The van der Waals surface area contributed by atoms with Crippen molar-refractivity contribution in [2.75, 3.05) is 0 Å². The van der Waals surface area contributed by atoms with E-state index in [1.54, 1.807) is 10.9 Å². The standard InChI is InChI=1S/C17H19N5OS/c1-11(2)21-16(23)14(12-7-5-4-6-8-12)24-17-13-9-20-22(3)15(13)18-10-19-17/h4-11,14H,1-3H3,(H,21,23)/t14-/m0/s1. The normalized spacial score (nSPS) is 12.5. The smallest absolute Gasteiger partial charge is 0.238 e. The molecule has 3 rings (SSSR count). The van der Waals surface area contributed by atoms with Crippen molar-refractivity contribution in [1.29, 1.82) is 0 Å². The molecule has 7 heteroatoms. The Labute approximate surface area is 144 Å². The van der Waals surface area contributed by atoms with Crippen molar-refractivity contribution in [3.05, 3.63) is 48.4 Å². The summed E-state index contributed by atoms with van der Waals surface area (Å²) in [6.07, 6.45) is 3.24. The average Bonchev–Trinajstić information content (AvgIpc) is 2.95. The SMILES string of the molecule is CC(C)NC(=O)[C@@H](Sc1ncnc2c1cnn2C)c1ccccc1. The van der Waals surface area contributed by atoms with Crippen LogP contribution in [-0.4, -0.2) is 31.7 Å². The third kappa shape index (κ3) is 3.41. The molecule has 0 fully saturated rings.